The lowest BCUT2D eigenvalue weighted by Gasteiger charge is -2.26. The smallest absolute Gasteiger partial charge is 0.0487 e. The fourth-order valence-electron chi connectivity index (χ4n) is 7.19. The molecule has 2 heteroatoms. The maximum atomic E-state index is 2.36. The third kappa shape index (κ3) is 7.00. The van der Waals surface area contributed by atoms with Crippen molar-refractivity contribution in [2.45, 2.75) is 25.7 Å². The number of hydrogen-bond acceptors (Lipinski definition) is 2. The molecule has 0 amide bonds. The molecule has 0 aromatic heterocycles. The molecule has 0 heterocycles. The standard InChI is InChI=1S/C49H42N2/c1-50(44-17-9-4-10-18-44)49-20-12-11-19-48(49)43-23-21-39(22-24-43)42-29-35-47(36-30-42)51(45-31-25-40(26-32-45)37-13-5-2-6-14-37)46-33-27-41(28-34-46)38-15-7-3-8-16-38/h2,4-5,7,9-13,15-36H,3,6,8,14H2,1H3. The molecule has 0 atom stereocenters. The summed E-state index contributed by atoms with van der Waals surface area (Å²) < 4.78 is 0. The Hall–Kier alpha value is -6.12. The lowest BCUT2D eigenvalue weighted by molar-refractivity contribution is 1.04. The van der Waals surface area contributed by atoms with E-state index in [9.17, 15) is 0 Å². The third-order valence-corrected chi connectivity index (χ3v) is 10.0. The molecule has 0 fully saturated rings. The number of allylic oxidation sites excluding steroid dienone is 8. The molecular formula is C49H42N2. The summed E-state index contributed by atoms with van der Waals surface area (Å²) in [5.41, 5.74) is 15.8. The van der Waals surface area contributed by atoms with Crippen LogP contribution < -0.4 is 9.80 Å². The molecular weight excluding hydrogens is 617 g/mol. The van der Waals surface area contributed by atoms with E-state index in [1.54, 1.807) is 0 Å². The molecule has 248 valence electrons. The van der Waals surface area contributed by atoms with Crippen molar-refractivity contribution in [1.82, 2.24) is 0 Å². The van der Waals surface area contributed by atoms with Crippen LogP contribution in [-0.2, 0) is 0 Å². The van der Waals surface area contributed by atoms with Crippen molar-refractivity contribution in [2.75, 3.05) is 16.8 Å². The molecule has 51 heavy (non-hydrogen) atoms. The van der Waals surface area contributed by atoms with Crippen LogP contribution in [0.1, 0.15) is 36.8 Å². The molecule has 2 nitrogen and oxygen atoms in total. The number of para-hydroxylation sites is 2. The van der Waals surface area contributed by atoms with Crippen LogP contribution in [0.3, 0.4) is 0 Å². The Bertz CT molecular complexity index is 2220. The summed E-state index contributed by atoms with van der Waals surface area (Å²) in [6.45, 7) is 0. The largest absolute Gasteiger partial charge is 0.344 e. The summed E-state index contributed by atoms with van der Waals surface area (Å²) in [6, 6.07) is 55.1. The van der Waals surface area contributed by atoms with E-state index in [0.29, 0.717) is 0 Å². The van der Waals surface area contributed by atoms with Crippen molar-refractivity contribution in [1.29, 1.82) is 0 Å². The Morgan fingerprint density at radius 1 is 0.451 bits per heavy atom. The van der Waals surface area contributed by atoms with Gasteiger partial charge in [0.25, 0.3) is 0 Å². The minimum atomic E-state index is 1.09. The quantitative estimate of drug-likeness (QED) is 0.153. The predicted molar refractivity (Wildman–Crippen MR) is 219 cm³/mol. The summed E-state index contributed by atoms with van der Waals surface area (Å²) in [5, 5.41) is 0. The van der Waals surface area contributed by atoms with Crippen molar-refractivity contribution in [3.8, 4) is 22.3 Å². The minimum absolute atomic E-state index is 1.09. The Morgan fingerprint density at radius 2 is 1.02 bits per heavy atom. The fraction of sp³-hybridized carbons (Fsp3) is 0.102. The summed E-state index contributed by atoms with van der Waals surface area (Å²) in [6.07, 6.45) is 17.9. The van der Waals surface area contributed by atoms with Gasteiger partial charge < -0.3 is 9.80 Å². The summed E-state index contributed by atoms with van der Waals surface area (Å²) in [5.74, 6) is 0. The average Bonchev–Trinajstić information content (AvgIpc) is 3.22. The SMILES string of the molecule is CN(c1ccccc1)c1ccccc1-c1ccc(-c2ccc(N(c3ccc(C4=CCCC=C4)cc3)c3ccc(C4=CC=CCC4)cc3)cc2)cc1. The van der Waals surface area contributed by atoms with Gasteiger partial charge in [-0.3, -0.25) is 0 Å². The van der Waals surface area contributed by atoms with E-state index in [-0.39, 0.29) is 0 Å². The maximum absolute atomic E-state index is 2.36. The summed E-state index contributed by atoms with van der Waals surface area (Å²) >= 11 is 0. The average molecular weight is 659 g/mol. The molecule has 2 aliphatic rings. The zero-order chi connectivity index (χ0) is 34.4. The molecule has 0 saturated carbocycles. The zero-order valence-corrected chi connectivity index (χ0v) is 29.1. The summed E-state index contributed by atoms with van der Waals surface area (Å²) in [7, 11) is 2.13. The van der Waals surface area contributed by atoms with Gasteiger partial charge in [0, 0.05) is 41.0 Å². The van der Waals surface area contributed by atoms with Gasteiger partial charge >= 0.3 is 0 Å². The van der Waals surface area contributed by atoms with E-state index in [2.05, 4.69) is 205 Å². The Morgan fingerprint density at radius 3 is 1.63 bits per heavy atom. The first-order valence-corrected chi connectivity index (χ1v) is 18.0. The highest BCUT2D eigenvalue weighted by Gasteiger charge is 2.15. The van der Waals surface area contributed by atoms with Gasteiger partial charge in [-0.05, 0) is 119 Å². The van der Waals surface area contributed by atoms with E-state index >= 15 is 0 Å². The topological polar surface area (TPSA) is 6.48 Å². The molecule has 2 aliphatic carbocycles. The van der Waals surface area contributed by atoms with Crippen LogP contribution >= 0.6 is 0 Å². The Balaban J connectivity index is 1.08. The Kier molecular flexibility index (Phi) is 9.31. The lowest BCUT2D eigenvalue weighted by Crippen LogP contribution is -2.10. The van der Waals surface area contributed by atoms with Crippen LogP contribution in [0.5, 0.6) is 0 Å². The zero-order valence-electron chi connectivity index (χ0n) is 29.1. The van der Waals surface area contributed by atoms with E-state index in [4.69, 9.17) is 0 Å². The van der Waals surface area contributed by atoms with E-state index in [1.807, 2.05) is 0 Å². The molecule has 0 unspecified atom stereocenters. The summed E-state index contributed by atoms with van der Waals surface area (Å²) in [4.78, 5) is 4.62. The minimum Gasteiger partial charge on any atom is -0.344 e. The molecule has 0 N–H and O–H groups in total. The second kappa shape index (κ2) is 14.8. The number of benzene rings is 6. The highest BCUT2D eigenvalue weighted by atomic mass is 15.1. The molecule has 0 bridgehead atoms. The van der Waals surface area contributed by atoms with Gasteiger partial charge in [0.1, 0.15) is 0 Å². The van der Waals surface area contributed by atoms with Crippen molar-refractivity contribution in [2.24, 2.45) is 0 Å². The van der Waals surface area contributed by atoms with Crippen molar-refractivity contribution in [3.05, 3.63) is 199 Å². The first kappa shape index (κ1) is 32.1. The van der Waals surface area contributed by atoms with Crippen LogP contribution in [0.4, 0.5) is 28.4 Å². The number of anilines is 5. The van der Waals surface area contributed by atoms with Gasteiger partial charge in [-0.15, -0.1) is 0 Å². The van der Waals surface area contributed by atoms with E-state index in [1.165, 1.54) is 55.9 Å². The second-order valence-electron chi connectivity index (χ2n) is 13.3. The van der Waals surface area contributed by atoms with Crippen molar-refractivity contribution < 1.29 is 0 Å². The van der Waals surface area contributed by atoms with E-state index < -0.39 is 0 Å². The van der Waals surface area contributed by atoms with Gasteiger partial charge in [0.05, 0.1) is 0 Å². The third-order valence-electron chi connectivity index (χ3n) is 10.0. The fourth-order valence-corrected chi connectivity index (χ4v) is 7.19. The molecule has 0 radical (unpaired) electrons. The number of rotatable bonds is 9. The Labute approximate surface area is 302 Å². The molecule has 0 saturated heterocycles. The van der Waals surface area contributed by atoms with Crippen LogP contribution in [0, 0.1) is 0 Å². The highest BCUT2D eigenvalue weighted by molar-refractivity contribution is 5.85. The first-order valence-electron chi connectivity index (χ1n) is 18.0. The van der Waals surface area contributed by atoms with Crippen LogP contribution in [0.15, 0.2) is 188 Å². The molecule has 6 aromatic carbocycles. The van der Waals surface area contributed by atoms with Gasteiger partial charge in [-0.25, -0.2) is 0 Å². The number of nitrogens with zero attached hydrogens (tertiary/aromatic N) is 2. The van der Waals surface area contributed by atoms with Crippen molar-refractivity contribution in [3.63, 3.8) is 0 Å². The highest BCUT2D eigenvalue weighted by Crippen LogP contribution is 2.39. The molecule has 8 rings (SSSR count). The van der Waals surface area contributed by atoms with Gasteiger partial charge in [-0.2, -0.15) is 0 Å². The molecule has 6 aromatic rings. The van der Waals surface area contributed by atoms with Crippen molar-refractivity contribution >= 4 is 39.6 Å². The normalized spacial score (nSPS) is 13.7. The number of hydrogen-bond donors (Lipinski definition) is 0. The van der Waals surface area contributed by atoms with Gasteiger partial charge in [0.2, 0.25) is 0 Å². The van der Waals surface area contributed by atoms with Gasteiger partial charge in [0.15, 0.2) is 0 Å². The monoisotopic (exact) mass is 658 g/mol. The molecule has 0 aliphatic heterocycles. The van der Waals surface area contributed by atoms with E-state index in [0.717, 1.165) is 42.7 Å². The first-order chi connectivity index (χ1) is 25.2. The maximum Gasteiger partial charge on any atom is 0.0487 e. The molecule has 0 spiro atoms. The predicted octanol–water partition coefficient (Wildman–Crippen LogP) is 13.7. The van der Waals surface area contributed by atoms with Crippen LogP contribution in [0.25, 0.3) is 33.4 Å². The van der Waals surface area contributed by atoms with Crippen LogP contribution in [-0.4, -0.2) is 7.05 Å². The second-order valence-corrected chi connectivity index (χ2v) is 13.3. The lowest BCUT2D eigenvalue weighted by atomic mass is 9.97. The van der Waals surface area contributed by atoms with Crippen LogP contribution in [0.2, 0.25) is 0 Å². The van der Waals surface area contributed by atoms with Gasteiger partial charge in [-0.1, -0.05) is 134 Å².